The second kappa shape index (κ2) is 8.21. The van der Waals surface area contributed by atoms with Crippen molar-refractivity contribution in [3.8, 4) is 5.75 Å². The van der Waals surface area contributed by atoms with E-state index >= 15 is 0 Å². The third-order valence-electron chi connectivity index (χ3n) is 5.21. The topological polar surface area (TPSA) is 63.9 Å². The second-order valence-electron chi connectivity index (χ2n) is 7.08. The van der Waals surface area contributed by atoms with Crippen molar-refractivity contribution in [2.45, 2.75) is 25.8 Å². The number of carbonyl (C=O) groups excluding carboxylic acids is 2. The van der Waals surface area contributed by atoms with Crippen LogP contribution in [0.25, 0.3) is 10.2 Å². The van der Waals surface area contributed by atoms with Gasteiger partial charge in [0.05, 0.1) is 17.3 Å². The number of amides is 2. The Morgan fingerprint density at radius 1 is 1.10 bits per heavy atom. The highest BCUT2D eigenvalue weighted by molar-refractivity contribution is 7.16. The molecule has 2 heterocycles. The maximum Gasteiger partial charge on any atom is 0.279 e. The first kappa shape index (κ1) is 19.4. The Hall–Kier alpha value is -2.93. The Morgan fingerprint density at radius 3 is 2.62 bits per heavy atom. The first-order valence-electron chi connectivity index (χ1n) is 9.70. The molecule has 3 aromatic rings. The maximum absolute atomic E-state index is 13.0. The quantitative estimate of drug-likeness (QED) is 0.661. The van der Waals surface area contributed by atoms with Gasteiger partial charge in [0.15, 0.2) is 4.80 Å². The number of benzene rings is 2. The number of ether oxygens (including phenoxy) is 1. The number of carbonyl (C=O) groups is 2. The molecule has 0 N–H and O–H groups in total. The molecule has 2 aromatic carbocycles. The van der Waals surface area contributed by atoms with E-state index < -0.39 is 6.04 Å². The van der Waals surface area contributed by atoms with E-state index in [1.54, 1.807) is 31.4 Å². The van der Waals surface area contributed by atoms with Crippen molar-refractivity contribution < 1.29 is 14.3 Å². The SMILES string of the molecule is COc1cccc(C(=O)N=c2sc3ccccc3n2[C@@H](C)C(=O)N2CCCC2)c1. The molecule has 7 heteroatoms. The molecule has 0 saturated carbocycles. The van der Waals surface area contributed by atoms with Gasteiger partial charge < -0.3 is 14.2 Å². The van der Waals surface area contributed by atoms with Crippen LogP contribution in [0.15, 0.2) is 53.5 Å². The van der Waals surface area contributed by atoms with Crippen LogP contribution < -0.4 is 9.54 Å². The molecule has 1 saturated heterocycles. The van der Waals surface area contributed by atoms with Gasteiger partial charge in [-0.3, -0.25) is 9.59 Å². The minimum atomic E-state index is -0.430. The zero-order chi connectivity index (χ0) is 20.4. The normalized spacial score (nSPS) is 15.7. The largest absolute Gasteiger partial charge is 0.497 e. The Morgan fingerprint density at radius 2 is 1.86 bits per heavy atom. The number of likely N-dealkylation sites (tertiary alicyclic amines) is 1. The molecule has 2 amide bonds. The molecule has 0 aliphatic carbocycles. The van der Waals surface area contributed by atoms with Gasteiger partial charge in [-0.25, -0.2) is 0 Å². The van der Waals surface area contributed by atoms with Crippen LogP contribution in [0, 0.1) is 0 Å². The van der Waals surface area contributed by atoms with Crippen molar-refractivity contribution in [1.29, 1.82) is 0 Å². The molecule has 0 bridgehead atoms. The number of nitrogens with zero attached hydrogens (tertiary/aromatic N) is 3. The van der Waals surface area contributed by atoms with E-state index in [0.29, 0.717) is 16.1 Å². The van der Waals surface area contributed by atoms with E-state index in [-0.39, 0.29) is 11.8 Å². The summed E-state index contributed by atoms with van der Waals surface area (Å²) in [5.41, 5.74) is 1.36. The standard InChI is InChI=1S/C22H23N3O3S/c1-15(21(27)24-12-5-6-13-24)25-18-10-3-4-11-19(18)29-22(25)23-20(26)16-8-7-9-17(14-16)28-2/h3-4,7-11,14-15H,5-6,12-13H2,1-2H3/t15-/m0/s1. The van der Waals surface area contributed by atoms with Gasteiger partial charge in [-0.2, -0.15) is 4.99 Å². The maximum atomic E-state index is 13.0. The van der Waals surface area contributed by atoms with Crippen molar-refractivity contribution in [2.75, 3.05) is 20.2 Å². The second-order valence-corrected chi connectivity index (χ2v) is 8.09. The van der Waals surface area contributed by atoms with Gasteiger partial charge in [-0.15, -0.1) is 0 Å². The van der Waals surface area contributed by atoms with Crippen LogP contribution in [0.5, 0.6) is 5.75 Å². The number of methoxy groups -OCH3 is 1. The fourth-order valence-electron chi connectivity index (χ4n) is 3.66. The summed E-state index contributed by atoms with van der Waals surface area (Å²) in [7, 11) is 1.56. The summed E-state index contributed by atoms with van der Waals surface area (Å²) in [6.07, 6.45) is 2.08. The third-order valence-corrected chi connectivity index (χ3v) is 6.24. The summed E-state index contributed by atoms with van der Waals surface area (Å²) in [6, 6.07) is 14.3. The van der Waals surface area contributed by atoms with Gasteiger partial charge in [0, 0.05) is 18.7 Å². The molecule has 1 fully saturated rings. The molecule has 0 radical (unpaired) electrons. The van der Waals surface area contributed by atoms with Gasteiger partial charge in [-0.1, -0.05) is 29.5 Å². The molecule has 1 aliphatic heterocycles. The van der Waals surface area contributed by atoms with Crippen molar-refractivity contribution in [3.63, 3.8) is 0 Å². The van der Waals surface area contributed by atoms with Gasteiger partial charge in [0.1, 0.15) is 11.8 Å². The number of aromatic nitrogens is 1. The fourth-order valence-corrected chi connectivity index (χ4v) is 4.76. The van der Waals surface area contributed by atoms with E-state index in [0.717, 1.165) is 36.1 Å². The lowest BCUT2D eigenvalue weighted by Crippen LogP contribution is -2.36. The average Bonchev–Trinajstić information content (AvgIpc) is 3.40. The summed E-state index contributed by atoms with van der Waals surface area (Å²) in [4.78, 5) is 32.7. The van der Waals surface area contributed by atoms with E-state index in [2.05, 4.69) is 4.99 Å². The summed E-state index contributed by atoms with van der Waals surface area (Å²) >= 11 is 1.42. The number of fused-ring (bicyclic) bond motifs is 1. The van der Waals surface area contributed by atoms with Gasteiger partial charge in [-0.05, 0) is 50.1 Å². The van der Waals surface area contributed by atoms with Crippen molar-refractivity contribution >= 4 is 33.4 Å². The molecule has 1 atom stereocenters. The summed E-state index contributed by atoms with van der Waals surface area (Å²) < 4.78 is 8.09. The Bertz CT molecular complexity index is 1130. The first-order valence-corrected chi connectivity index (χ1v) is 10.5. The number of para-hydroxylation sites is 1. The van der Waals surface area contributed by atoms with Crippen LogP contribution in [0.1, 0.15) is 36.2 Å². The minimum absolute atomic E-state index is 0.0707. The lowest BCUT2D eigenvalue weighted by molar-refractivity contribution is -0.133. The summed E-state index contributed by atoms with van der Waals surface area (Å²) in [6.45, 7) is 3.47. The molecule has 0 unspecified atom stereocenters. The molecule has 29 heavy (non-hydrogen) atoms. The van der Waals surface area contributed by atoms with Crippen LogP contribution in [0.3, 0.4) is 0 Å². The lowest BCUT2D eigenvalue weighted by Gasteiger charge is -2.22. The van der Waals surface area contributed by atoms with Crippen LogP contribution in [0.2, 0.25) is 0 Å². The van der Waals surface area contributed by atoms with Crippen molar-refractivity contribution in [2.24, 2.45) is 4.99 Å². The third kappa shape index (κ3) is 3.82. The zero-order valence-corrected chi connectivity index (χ0v) is 17.3. The first-order chi connectivity index (χ1) is 14.1. The molecular weight excluding hydrogens is 386 g/mol. The Balaban J connectivity index is 1.79. The van der Waals surface area contributed by atoms with Crippen LogP contribution in [-0.2, 0) is 4.79 Å². The number of hydrogen-bond donors (Lipinski definition) is 0. The summed E-state index contributed by atoms with van der Waals surface area (Å²) in [5, 5.41) is 0. The Labute approximate surface area is 173 Å². The molecule has 4 rings (SSSR count). The highest BCUT2D eigenvalue weighted by atomic mass is 32.1. The molecule has 150 valence electrons. The Kier molecular flexibility index (Phi) is 5.49. The number of hydrogen-bond acceptors (Lipinski definition) is 4. The molecular formula is C22H23N3O3S. The molecule has 1 aromatic heterocycles. The van der Waals surface area contributed by atoms with Crippen LogP contribution >= 0.6 is 11.3 Å². The average molecular weight is 410 g/mol. The molecule has 6 nitrogen and oxygen atoms in total. The monoisotopic (exact) mass is 409 g/mol. The predicted molar refractivity (Wildman–Crippen MR) is 113 cm³/mol. The van der Waals surface area contributed by atoms with Gasteiger partial charge in [0.2, 0.25) is 5.91 Å². The molecule has 0 spiro atoms. The number of rotatable bonds is 4. The van der Waals surface area contributed by atoms with Crippen LogP contribution in [0.4, 0.5) is 0 Å². The van der Waals surface area contributed by atoms with Gasteiger partial charge in [0.25, 0.3) is 5.91 Å². The molecule has 1 aliphatic rings. The van der Waals surface area contributed by atoms with Crippen LogP contribution in [-0.4, -0.2) is 41.5 Å². The summed E-state index contributed by atoms with van der Waals surface area (Å²) in [5.74, 6) is 0.319. The van der Waals surface area contributed by atoms with Crippen molar-refractivity contribution in [3.05, 3.63) is 58.9 Å². The minimum Gasteiger partial charge on any atom is -0.497 e. The van der Waals surface area contributed by atoms with E-state index in [1.165, 1.54) is 11.3 Å². The predicted octanol–water partition coefficient (Wildman–Crippen LogP) is 3.64. The van der Waals surface area contributed by atoms with Crippen molar-refractivity contribution in [1.82, 2.24) is 9.47 Å². The van der Waals surface area contributed by atoms with E-state index in [4.69, 9.17) is 4.74 Å². The highest BCUT2D eigenvalue weighted by Gasteiger charge is 2.26. The zero-order valence-electron chi connectivity index (χ0n) is 16.5. The van der Waals surface area contributed by atoms with E-state index in [1.807, 2.05) is 40.7 Å². The van der Waals surface area contributed by atoms with E-state index in [9.17, 15) is 9.59 Å². The lowest BCUT2D eigenvalue weighted by atomic mass is 10.2. The smallest absolute Gasteiger partial charge is 0.279 e. The number of thiazole rings is 1. The highest BCUT2D eigenvalue weighted by Crippen LogP contribution is 2.23. The fraction of sp³-hybridized carbons (Fsp3) is 0.318. The van der Waals surface area contributed by atoms with Gasteiger partial charge >= 0.3 is 0 Å².